The number of carbonyl (C=O) groups excluding carboxylic acids is 1. The molecule has 140 valence electrons. The van der Waals surface area contributed by atoms with Crippen molar-refractivity contribution in [2.45, 2.75) is 17.6 Å². The Balaban J connectivity index is 1.68. The molecule has 7 heteroatoms. The number of halogens is 3. The van der Waals surface area contributed by atoms with Gasteiger partial charge < -0.3 is 10.2 Å². The van der Waals surface area contributed by atoms with Crippen LogP contribution in [0.1, 0.15) is 11.1 Å². The second-order valence-electron chi connectivity index (χ2n) is 6.02. The SMILES string of the molecule is C[NH+](CC(=O)NCCSc1ccccc1)Cc1ccc(C(F)(F)F)cc1. The van der Waals surface area contributed by atoms with E-state index in [1.54, 1.807) is 11.8 Å². The van der Waals surface area contributed by atoms with Gasteiger partial charge in [-0.25, -0.2) is 0 Å². The minimum Gasteiger partial charge on any atom is -0.350 e. The minimum absolute atomic E-state index is 0.0666. The number of quaternary nitrogens is 1. The highest BCUT2D eigenvalue weighted by Crippen LogP contribution is 2.28. The summed E-state index contributed by atoms with van der Waals surface area (Å²) in [6, 6.07) is 15.0. The average molecular weight is 383 g/mol. The molecule has 2 aromatic rings. The zero-order valence-corrected chi connectivity index (χ0v) is 15.3. The number of likely N-dealkylation sites (N-methyl/N-ethyl adjacent to an activating group) is 1. The van der Waals surface area contributed by atoms with E-state index >= 15 is 0 Å². The molecule has 0 aromatic heterocycles. The van der Waals surface area contributed by atoms with Crippen LogP contribution >= 0.6 is 11.8 Å². The number of amides is 1. The molecule has 0 aliphatic rings. The van der Waals surface area contributed by atoms with Crippen LogP contribution in [-0.2, 0) is 17.5 Å². The normalized spacial score (nSPS) is 12.6. The van der Waals surface area contributed by atoms with Crippen molar-refractivity contribution in [1.82, 2.24) is 5.32 Å². The molecule has 0 radical (unpaired) electrons. The van der Waals surface area contributed by atoms with Gasteiger partial charge in [-0.3, -0.25) is 4.79 Å². The van der Waals surface area contributed by atoms with Gasteiger partial charge in [-0.2, -0.15) is 13.2 Å². The van der Waals surface area contributed by atoms with Crippen LogP contribution in [-0.4, -0.2) is 31.8 Å². The van der Waals surface area contributed by atoms with Crippen molar-refractivity contribution in [3.63, 3.8) is 0 Å². The Morgan fingerprint density at radius 3 is 2.35 bits per heavy atom. The summed E-state index contributed by atoms with van der Waals surface area (Å²) in [7, 11) is 1.84. The smallest absolute Gasteiger partial charge is 0.350 e. The Morgan fingerprint density at radius 1 is 1.08 bits per heavy atom. The van der Waals surface area contributed by atoms with E-state index in [-0.39, 0.29) is 12.5 Å². The number of thioether (sulfide) groups is 1. The fraction of sp³-hybridized carbons (Fsp3) is 0.316. The third-order valence-electron chi connectivity index (χ3n) is 3.69. The van der Waals surface area contributed by atoms with Crippen LogP contribution in [0, 0.1) is 0 Å². The van der Waals surface area contributed by atoms with Crippen LogP contribution in [0.25, 0.3) is 0 Å². The summed E-state index contributed by atoms with van der Waals surface area (Å²) in [5.41, 5.74) is 0.107. The van der Waals surface area contributed by atoms with Gasteiger partial charge in [-0.1, -0.05) is 30.3 Å². The summed E-state index contributed by atoms with van der Waals surface area (Å²) in [5.74, 6) is 0.719. The summed E-state index contributed by atoms with van der Waals surface area (Å²) in [5, 5.41) is 2.87. The van der Waals surface area contributed by atoms with Crippen molar-refractivity contribution in [2.24, 2.45) is 0 Å². The van der Waals surface area contributed by atoms with Crippen LogP contribution in [0.2, 0.25) is 0 Å². The Labute approximate surface area is 155 Å². The van der Waals surface area contributed by atoms with Crippen molar-refractivity contribution in [3.8, 4) is 0 Å². The maximum atomic E-state index is 12.6. The highest BCUT2D eigenvalue weighted by molar-refractivity contribution is 7.99. The molecule has 0 bridgehead atoms. The molecular weight excluding hydrogens is 361 g/mol. The predicted molar refractivity (Wildman–Crippen MR) is 97.1 cm³/mol. The standard InChI is InChI=1S/C19H21F3N2OS/c1-24(13-15-7-9-16(10-8-15)19(20,21)22)14-18(25)23-11-12-26-17-5-3-2-4-6-17/h2-10H,11-14H2,1H3,(H,23,25)/p+1. The maximum absolute atomic E-state index is 12.6. The fourth-order valence-electron chi connectivity index (χ4n) is 2.44. The van der Waals surface area contributed by atoms with Crippen LogP contribution in [0.3, 0.4) is 0 Å². The lowest BCUT2D eigenvalue weighted by Crippen LogP contribution is -3.08. The topological polar surface area (TPSA) is 33.5 Å². The third-order valence-corrected chi connectivity index (χ3v) is 4.70. The highest BCUT2D eigenvalue weighted by atomic mass is 32.2. The van der Waals surface area contributed by atoms with Gasteiger partial charge in [0, 0.05) is 22.8 Å². The molecule has 1 amide bonds. The van der Waals surface area contributed by atoms with Crippen LogP contribution in [0.4, 0.5) is 13.2 Å². The third kappa shape index (κ3) is 7.09. The summed E-state index contributed by atoms with van der Waals surface area (Å²) in [4.78, 5) is 14.0. The molecule has 0 aliphatic carbocycles. The number of hydrogen-bond donors (Lipinski definition) is 2. The predicted octanol–water partition coefficient (Wildman–Crippen LogP) is 2.63. The number of rotatable bonds is 8. The van der Waals surface area contributed by atoms with E-state index in [1.165, 1.54) is 12.1 Å². The Morgan fingerprint density at radius 2 is 1.73 bits per heavy atom. The first-order valence-electron chi connectivity index (χ1n) is 8.26. The molecule has 1 atom stereocenters. The van der Waals surface area contributed by atoms with Gasteiger partial charge in [0.25, 0.3) is 5.91 Å². The average Bonchev–Trinajstić information content (AvgIpc) is 2.59. The molecule has 1 unspecified atom stereocenters. The first kappa shape index (κ1) is 20.3. The van der Waals surface area contributed by atoms with E-state index in [4.69, 9.17) is 0 Å². The van der Waals surface area contributed by atoms with Crippen molar-refractivity contribution >= 4 is 17.7 Å². The zero-order valence-electron chi connectivity index (χ0n) is 14.5. The molecular formula is C19H22F3N2OS+. The highest BCUT2D eigenvalue weighted by Gasteiger charge is 2.30. The van der Waals surface area contributed by atoms with Gasteiger partial charge in [0.2, 0.25) is 0 Å². The van der Waals surface area contributed by atoms with Crippen LogP contribution in [0.5, 0.6) is 0 Å². The molecule has 2 rings (SSSR count). The van der Waals surface area contributed by atoms with Gasteiger partial charge in [-0.15, -0.1) is 11.8 Å². The van der Waals surface area contributed by atoms with Gasteiger partial charge in [0.15, 0.2) is 6.54 Å². The monoisotopic (exact) mass is 383 g/mol. The lowest BCUT2D eigenvalue weighted by Gasteiger charge is -2.14. The molecule has 0 saturated carbocycles. The molecule has 0 fully saturated rings. The minimum atomic E-state index is -4.32. The maximum Gasteiger partial charge on any atom is 0.416 e. The molecule has 0 spiro atoms. The Kier molecular flexibility index (Phi) is 7.53. The first-order valence-corrected chi connectivity index (χ1v) is 9.25. The fourth-order valence-corrected chi connectivity index (χ4v) is 3.22. The molecule has 2 N–H and O–H groups in total. The van der Waals surface area contributed by atoms with E-state index in [9.17, 15) is 18.0 Å². The number of alkyl halides is 3. The van der Waals surface area contributed by atoms with Gasteiger partial charge >= 0.3 is 6.18 Å². The van der Waals surface area contributed by atoms with E-state index < -0.39 is 11.7 Å². The second kappa shape index (κ2) is 9.64. The van der Waals surface area contributed by atoms with Gasteiger partial charge in [-0.05, 0) is 24.3 Å². The molecule has 26 heavy (non-hydrogen) atoms. The van der Waals surface area contributed by atoms with Gasteiger partial charge in [0.05, 0.1) is 12.6 Å². The summed E-state index contributed by atoms with van der Waals surface area (Å²) in [6.45, 7) is 1.34. The summed E-state index contributed by atoms with van der Waals surface area (Å²) in [6.07, 6.45) is -4.32. The lowest BCUT2D eigenvalue weighted by atomic mass is 10.1. The van der Waals surface area contributed by atoms with Crippen LogP contribution < -0.4 is 10.2 Å². The molecule has 0 aliphatic heterocycles. The van der Waals surface area contributed by atoms with Crippen molar-refractivity contribution in [1.29, 1.82) is 0 Å². The molecule has 2 aromatic carbocycles. The molecule has 0 heterocycles. The van der Waals surface area contributed by atoms with Crippen molar-refractivity contribution in [2.75, 3.05) is 25.9 Å². The van der Waals surface area contributed by atoms with E-state index in [0.29, 0.717) is 13.1 Å². The van der Waals surface area contributed by atoms with Crippen molar-refractivity contribution in [3.05, 3.63) is 65.7 Å². The Bertz CT molecular complexity index is 690. The molecule has 0 saturated heterocycles. The lowest BCUT2D eigenvalue weighted by molar-refractivity contribution is -0.885. The van der Waals surface area contributed by atoms with Crippen molar-refractivity contribution < 1.29 is 22.9 Å². The van der Waals surface area contributed by atoms with Crippen LogP contribution in [0.15, 0.2) is 59.5 Å². The summed E-state index contributed by atoms with van der Waals surface area (Å²) < 4.78 is 37.7. The molecule has 3 nitrogen and oxygen atoms in total. The zero-order chi connectivity index (χ0) is 19.0. The number of carbonyl (C=O) groups is 1. The number of benzene rings is 2. The number of hydrogen-bond acceptors (Lipinski definition) is 2. The summed E-state index contributed by atoms with van der Waals surface area (Å²) >= 11 is 1.67. The second-order valence-corrected chi connectivity index (χ2v) is 7.19. The van der Waals surface area contributed by atoms with E-state index in [0.717, 1.165) is 33.2 Å². The Hall–Kier alpha value is -1.99. The van der Waals surface area contributed by atoms with E-state index in [2.05, 4.69) is 5.32 Å². The van der Waals surface area contributed by atoms with E-state index in [1.807, 2.05) is 37.4 Å². The number of nitrogens with one attached hydrogen (secondary N) is 2. The quantitative estimate of drug-likeness (QED) is 0.543. The largest absolute Gasteiger partial charge is 0.416 e. The van der Waals surface area contributed by atoms with Gasteiger partial charge in [0.1, 0.15) is 6.54 Å². The first-order chi connectivity index (χ1) is 12.3.